The first-order valence-corrected chi connectivity index (χ1v) is 4.71. The quantitative estimate of drug-likeness (QED) is 0.396. The van der Waals surface area contributed by atoms with E-state index < -0.39 is 17.9 Å². The molecule has 16 heavy (non-hydrogen) atoms. The summed E-state index contributed by atoms with van der Waals surface area (Å²) in [6.07, 6.45) is 1.24. The molecule has 7 nitrogen and oxygen atoms in total. The van der Waals surface area contributed by atoms with Crippen molar-refractivity contribution in [3.05, 3.63) is 0 Å². The van der Waals surface area contributed by atoms with Crippen LogP contribution in [-0.4, -0.2) is 48.1 Å². The van der Waals surface area contributed by atoms with Gasteiger partial charge in [-0.25, -0.2) is 0 Å². The molecule has 0 fully saturated rings. The number of nitrogens with two attached hydrogens (primary N) is 1. The van der Waals surface area contributed by atoms with Gasteiger partial charge in [0.1, 0.15) is 6.29 Å². The summed E-state index contributed by atoms with van der Waals surface area (Å²) >= 11 is 0. The van der Waals surface area contributed by atoms with Gasteiger partial charge in [-0.15, -0.1) is 0 Å². The molecule has 5 N–H and O–H groups in total. The van der Waals surface area contributed by atoms with Gasteiger partial charge in [-0.3, -0.25) is 9.59 Å². The number of carbonyl (C=O) groups excluding carboxylic acids is 2. The van der Waals surface area contributed by atoms with Crippen LogP contribution in [0.15, 0.2) is 0 Å². The lowest BCUT2D eigenvalue weighted by atomic mass is 10.1. The van der Waals surface area contributed by atoms with Crippen LogP contribution >= 0.6 is 0 Å². The van der Waals surface area contributed by atoms with Gasteiger partial charge in [-0.05, 0) is 12.8 Å². The molecule has 0 saturated carbocycles. The second kappa shape index (κ2) is 11.6. The molecule has 1 atom stereocenters. The summed E-state index contributed by atoms with van der Waals surface area (Å²) in [6.45, 7) is -0.177. The average Bonchev–Trinajstić information content (AvgIpc) is 2.29. The van der Waals surface area contributed by atoms with E-state index in [9.17, 15) is 14.4 Å². The first-order chi connectivity index (χ1) is 7.60. The summed E-state index contributed by atoms with van der Waals surface area (Å²) < 4.78 is 0. The van der Waals surface area contributed by atoms with E-state index >= 15 is 0 Å². The Hall–Kier alpha value is -1.47. The molecular formula is C9H18N2O5. The molecule has 0 aliphatic heterocycles. The van der Waals surface area contributed by atoms with Gasteiger partial charge in [-0.1, -0.05) is 0 Å². The van der Waals surface area contributed by atoms with Gasteiger partial charge in [0, 0.05) is 13.5 Å². The number of amides is 1. The summed E-state index contributed by atoms with van der Waals surface area (Å²) in [7, 11) is 1.00. The first-order valence-electron chi connectivity index (χ1n) is 4.71. The van der Waals surface area contributed by atoms with Gasteiger partial charge in [0.2, 0.25) is 5.91 Å². The lowest BCUT2D eigenvalue weighted by molar-refractivity contribution is -0.137. The molecule has 0 saturated heterocycles. The van der Waals surface area contributed by atoms with Crippen LogP contribution in [0.5, 0.6) is 0 Å². The topological polar surface area (TPSA) is 130 Å². The van der Waals surface area contributed by atoms with Crippen LogP contribution in [0, 0.1) is 0 Å². The van der Waals surface area contributed by atoms with E-state index in [1.54, 1.807) is 0 Å². The van der Waals surface area contributed by atoms with Crippen LogP contribution in [0.4, 0.5) is 0 Å². The normalized spacial score (nSPS) is 10.7. The van der Waals surface area contributed by atoms with Crippen molar-refractivity contribution in [1.82, 2.24) is 5.32 Å². The van der Waals surface area contributed by atoms with Crippen molar-refractivity contribution in [3.8, 4) is 0 Å². The number of aliphatic hydroxyl groups is 1. The van der Waals surface area contributed by atoms with E-state index in [0.717, 1.165) is 7.11 Å². The number of aliphatic hydroxyl groups excluding tert-OH is 1. The molecule has 0 aromatic carbocycles. The van der Waals surface area contributed by atoms with E-state index in [1.165, 1.54) is 0 Å². The number of carboxylic acid groups (broad SMARTS) is 1. The van der Waals surface area contributed by atoms with E-state index in [0.29, 0.717) is 19.1 Å². The zero-order chi connectivity index (χ0) is 13.0. The summed E-state index contributed by atoms with van der Waals surface area (Å²) in [5.74, 6) is -1.34. The molecule has 94 valence electrons. The Morgan fingerprint density at radius 1 is 1.44 bits per heavy atom. The number of carboxylic acids is 1. The van der Waals surface area contributed by atoms with E-state index in [1.807, 2.05) is 0 Å². The molecule has 0 aromatic rings. The highest BCUT2D eigenvalue weighted by molar-refractivity contribution is 5.81. The van der Waals surface area contributed by atoms with E-state index in [2.05, 4.69) is 5.32 Å². The molecule has 0 rings (SSSR count). The fourth-order valence-corrected chi connectivity index (χ4v) is 0.913. The standard InChI is InChI=1S/C8H14N2O4.CH4O/c9-4-7(12)10-6(5-11)2-1-3-8(13)14;1-2/h5-6H,1-4,9H2,(H,10,12)(H,13,14);2H,1H3. The SMILES string of the molecule is CO.NCC(=O)NC(C=O)CCCC(=O)O. The summed E-state index contributed by atoms with van der Waals surface area (Å²) in [6, 6.07) is -0.634. The third kappa shape index (κ3) is 10.6. The Bertz CT molecular complexity index is 220. The summed E-state index contributed by atoms with van der Waals surface area (Å²) in [4.78, 5) is 31.3. The number of aldehydes is 1. The summed E-state index contributed by atoms with van der Waals surface area (Å²) in [5.41, 5.74) is 5.03. The van der Waals surface area contributed by atoms with Crippen LogP contribution < -0.4 is 11.1 Å². The van der Waals surface area contributed by atoms with Crippen molar-refractivity contribution in [2.45, 2.75) is 25.3 Å². The third-order valence-electron chi connectivity index (χ3n) is 1.60. The van der Waals surface area contributed by atoms with Gasteiger partial charge in [0.25, 0.3) is 0 Å². The van der Waals surface area contributed by atoms with Crippen molar-refractivity contribution in [1.29, 1.82) is 0 Å². The number of nitrogens with one attached hydrogen (secondary N) is 1. The van der Waals surface area contributed by atoms with Crippen molar-refractivity contribution in [2.75, 3.05) is 13.7 Å². The molecule has 1 amide bonds. The second-order valence-corrected chi connectivity index (χ2v) is 2.80. The largest absolute Gasteiger partial charge is 0.481 e. The van der Waals surface area contributed by atoms with Gasteiger partial charge in [0.15, 0.2) is 0 Å². The molecule has 0 heterocycles. The molecule has 0 radical (unpaired) electrons. The van der Waals surface area contributed by atoms with Crippen molar-refractivity contribution in [2.24, 2.45) is 5.73 Å². The van der Waals surface area contributed by atoms with Crippen LogP contribution in [0.3, 0.4) is 0 Å². The first kappa shape index (κ1) is 16.9. The third-order valence-corrected chi connectivity index (χ3v) is 1.60. The molecule has 0 bridgehead atoms. The maximum absolute atomic E-state index is 10.8. The maximum Gasteiger partial charge on any atom is 0.303 e. The lowest BCUT2D eigenvalue weighted by Crippen LogP contribution is -2.39. The number of hydrogen-bond acceptors (Lipinski definition) is 5. The van der Waals surface area contributed by atoms with E-state index in [4.69, 9.17) is 15.9 Å². The smallest absolute Gasteiger partial charge is 0.303 e. The van der Waals surface area contributed by atoms with Crippen molar-refractivity contribution < 1.29 is 24.6 Å². The number of hydrogen-bond donors (Lipinski definition) is 4. The fourth-order valence-electron chi connectivity index (χ4n) is 0.913. The highest BCUT2D eigenvalue weighted by Crippen LogP contribution is 1.98. The van der Waals surface area contributed by atoms with Crippen LogP contribution in [0.25, 0.3) is 0 Å². The number of rotatable bonds is 7. The molecule has 0 spiro atoms. The molecule has 0 aliphatic rings. The predicted octanol–water partition coefficient (Wildman–Crippen LogP) is -1.51. The number of aliphatic carboxylic acids is 1. The van der Waals surface area contributed by atoms with Gasteiger partial charge in [-0.2, -0.15) is 0 Å². The minimum absolute atomic E-state index is 0.0111. The average molecular weight is 234 g/mol. The molecule has 0 aromatic heterocycles. The fraction of sp³-hybridized carbons (Fsp3) is 0.667. The zero-order valence-electron chi connectivity index (χ0n) is 9.18. The highest BCUT2D eigenvalue weighted by Gasteiger charge is 2.10. The van der Waals surface area contributed by atoms with Crippen LogP contribution in [-0.2, 0) is 14.4 Å². The van der Waals surface area contributed by atoms with Gasteiger partial charge in [0.05, 0.1) is 12.6 Å². The number of carbonyl (C=O) groups is 3. The predicted molar refractivity (Wildman–Crippen MR) is 56.7 cm³/mol. The Morgan fingerprint density at radius 3 is 2.38 bits per heavy atom. The Balaban J connectivity index is 0. The second-order valence-electron chi connectivity index (χ2n) is 2.80. The Morgan fingerprint density at radius 2 is 2.00 bits per heavy atom. The maximum atomic E-state index is 10.8. The molecule has 7 heteroatoms. The highest BCUT2D eigenvalue weighted by atomic mass is 16.4. The molecular weight excluding hydrogens is 216 g/mol. The van der Waals surface area contributed by atoms with Crippen molar-refractivity contribution >= 4 is 18.2 Å². The lowest BCUT2D eigenvalue weighted by Gasteiger charge is -2.10. The zero-order valence-corrected chi connectivity index (χ0v) is 9.18. The van der Waals surface area contributed by atoms with Gasteiger partial charge >= 0.3 is 5.97 Å². The monoisotopic (exact) mass is 234 g/mol. The minimum Gasteiger partial charge on any atom is -0.481 e. The van der Waals surface area contributed by atoms with Crippen molar-refractivity contribution in [3.63, 3.8) is 0 Å². The Labute approximate surface area is 93.6 Å². The van der Waals surface area contributed by atoms with Crippen LogP contribution in [0.2, 0.25) is 0 Å². The van der Waals surface area contributed by atoms with E-state index in [-0.39, 0.29) is 13.0 Å². The van der Waals surface area contributed by atoms with Gasteiger partial charge < -0.3 is 26.1 Å². The minimum atomic E-state index is -0.917. The molecule has 1 unspecified atom stereocenters. The Kier molecular flexibility index (Phi) is 12.3. The van der Waals surface area contributed by atoms with Crippen LogP contribution in [0.1, 0.15) is 19.3 Å². The molecule has 0 aliphatic carbocycles. The summed E-state index contributed by atoms with van der Waals surface area (Å²) in [5, 5.41) is 17.7.